The average Bonchev–Trinajstić information content (AvgIpc) is 3.45. The number of amides is 3. The summed E-state index contributed by atoms with van der Waals surface area (Å²) in [6.07, 6.45) is 0.574. The minimum absolute atomic E-state index is 0.0579. The van der Waals surface area contributed by atoms with Crippen LogP contribution in [0.25, 0.3) is 22.0 Å². The Morgan fingerprint density at radius 1 is 1.09 bits per heavy atom. The maximum atomic E-state index is 14.1. The number of anilines is 1. The number of alkyl halides is 3. The van der Waals surface area contributed by atoms with Gasteiger partial charge in [-0.25, -0.2) is 9.78 Å². The number of pyridine rings is 1. The minimum atomic E-state index is -4.74. The third-order valence-electron chi connectivity index (χ3n) is 10.8. The van der Waals surface area contributed by atoms with Crippen molar-refractivity contribution in [3.63, 3.8) is 0 Å². The number of halogens is 3. The van der Waals surface area contributed by atoms with Crippen LogP contribution in [0.1, 0.15) is 66.2 Å². The third kappa shape index (κ3) is 7.21. The second-order valence-electron chi connectivity index (χ2n) is 14.4. The molecule has 54 heavy (non-hydrogen) atoms. The van der Waals surface area contributed by atoms with Gasteiger partial charge in [-0.05, 0) is 92.4 Å². The maximum absolute atomic E-state index is 14.1. The van der Waals surface area contributed by atoms with Crippen molar-refractivity contribution in [3.05, 3.63) is 65.6 Å². The van der Waals surface area contributed by atoms with E-state index in [1.54, 1.807) is 23.9 Å². The van der Waals surface area contributed by atoms with Crippen LogP contribution in [0.3, 0.4) is 0 Å². The summed E-state index contributed by atoms with van der Waals surface area (Å²) in [5, 5.41) is 20.1. The van der Waals surface area contributed by atoms with Crippen molar-refractivity contribution in [2.75, 3.05) is 38.7 Å². The number of hydrogen-bond acceptors (Lipinski definition) is 9. The van der Waals surface area contributed by atoms with E-state index in [-0.39, 0.29) is 65.5 Å². The van der Waals surface area contributed by atoms with E-state index in [0.717, 1.165) is 44.8 Å². The molecule has 1 spiro atoms. The molecule has 4 aromatic rings. The molecular formula is C38H39F3N6O7. The number of benzene rings is 2. The van der Waals surface area contributed by atoms with E-state index in [1.807, 2.05) is 0 Å². The molecule has 3 fully saturated rings. The number of piperidine rings is 2. The lowest BCUT2D eigenvalue weighted by Crippen LogP contribution is -2.49. The zero-order chi connectivity index (χ0) is 38.4. The largest absolute Gasteiger partial charge is 0.493 e. The van der Waals surface area contributed by atoms with Gasteiger partial charge in [-0.3, -0.25) is 29.3 Å². The lowest BCUT2D eigenvalue weighted by atomic mass is 9.58. The first-order valence-corrected chi connectivity index (χ1v) is 17.7. The molecule has 13 nitrogen and oxygen atoms in total. The number of aromatic nitrogens is 3. The second kappa shape index (κ2) is 14.4. The van der Waals surface area contributed by atoms with Crippen LogP contribution in [0.2, 0.25) is 0 Å². The number of aryl methyl sites for hydroxylation is 1. The summed E-state index contributed by atoms with van der Waals surface area (Å²) < 4.78 is 55.4. The molecule has 1 unspecified atom stereocenters. The predicted octanol–water partition coefficient (Wildman–Crippen LogP) is 5.39. The SMILES string of the molecule is COc1c(NC(=O)CN2CCC3(CC2)CC(COc2ccc(-c4cccnc4C(=O)O)c(C(F)(F)F)c2)C3)ccc2c(C3CCC(=O)NC3=O)nn(C)c12. The molecule has 4 heterocycles. The molecule has 2 aliphatic heterocycles. The summed E-state index contributed by atoms with van der Waals surface area (Å²) in [5.41, 5.74) is -0.119. The highest BCUT2D eigenvalue weighted by atomic mass is 19.4. The van der Waals surface area contributed by atoms with Crippen molar-refractivity contribution < 1.29 is 46.9 Å². The number of carbonyl (C=O) groups excluding carboxylic acids is 3. The highest BCUT2D eigenvalue weighted by Crippen LogP contribution is 2.53. The van der Waals surface area contributed by atoms with Gasteiger partial charge in [0.1, 0.15) is 11.3 Å². The van der Waals surface area contributed by atoms with Gasteiger partial charge >= 0.3 is 12.1 Å². The van der Waals surface area contributed by atoms with E-state index in [9.17, 15) is 37.5 Å². The van der Waals surface area contributed by atoms with E-state index >= 15 is 0 Å². The van der Waals surface area contributed by atoms with Gasteiger partial charge in [-0.1, -0.05) is 12.1 Å². The lowest BCUT2D eigenvalue weighted by molar-refractivity contribution is -0.137. The minimum Gasteiger partial charge on any atom is -0.493 e. The highest BCUT2D eigenvalue weighted by Gasteiger charge is 2.46. The molecule has 1 saturated carbocycles. The normalized spacial score (nSPS) is 19.0. The third-order valence-corrected chi connectivity index (χ3v) is 10.8. The number of ether oxygens (including phenoxy) is 2. The van der Waals surface area contributed by atoms with E-state index in [2.05, 4.69) is 25.6 Å². The molecule has 284 valence electrons. The van der Waals surface area contributed by atoms with Crippen molar-refractivity contribution in [1.29, 1.82) is 0 Å². The molecule has 7 rings (SSSR count). The molecule has 2 saturated heterocycles. The number of fused-ring (bicyclic) bond motifs is 1. The molecule has 0 radical (unpaired) electrons. The summed E-state index contributed by atoms with van der Waals surface area (Å²) in [4.78, 5) is 54.9. The lowest BCUT2D eigenvalue weighted by Gasteiger charge is -2.52. The first-order valence-electron chi connectivity index (χ1n) is 17.7. The smallest absolute Gasteiger partial charge is 0.417 e. The number of likely N-dealkylation sites (tertiary alicyclic amines) is 1. The summed E-state index contributed by atoms with van der Waals surface area (Å²) in [6.45, 7) is 1.88. The van der Waals surface area contributed by atoms with Crippen molar-refractivity contribution in [2.24, 2.45) is 18.4 Å². The van der Waals surface area contributed by atoms with Crippen LogP contribution >= 0.6 is 0 Å². The van der Waals surface area contributed by atoms with Crippen LogP contribution in [0.4, 0.5) is 18.9 Å². The predicted molar refractivity (Wildman–Crippen MR) is 189 cm³/mol. The number of nitrogens with one attached hydrogen (secondary N) is 2. The van der Waals surface area contributed by atoms with Gasteiger partial charge in [0.2, 0.25) is 17.7 Å². The zero-order valence-corrected chi connectivity index (χ0v) is 29.7. The Morgan fingerprint density at radius 3 is 2.54 bits per heavy atom. The van der Waals surface area contributed by atoms with Crippen molar-refractivity contribution in [2.45, 2.75) is 50.6 Å². The van der Waals surface area contributed by atoms with Crippen LogP contribution in [0.5, 0.6) is 11.5 Å². The molecule has 2 aromatic heterocycles. The van der Waals surface area contributed by atoms with Gasteiger partial charge < -0.3 is 19.9 Å². The Hall–Kier alpha value is -5.51. The van der Waals surface area contributed by atoms with E-state index in [1.165, 1.54) is 37.6 Å². The fraction of sp³-hybridized carbons (Fsp3) is 0.421. The topological polar surface area (TPSA) is 165 Å². The van der Waals surface area contributed by atoms with Crippen molar-refractivity contribution in [3.8, 4) is 22.6 Å². The average molecular weight is 749 g/mol. The van der Waals surface area contributed by atoms with Crippen molar-refractivity contribution >= 4 is 40.3 Å². The molecule has 3 aliphatic rings. The van der Waals surface area contributed by atoms with Gasteiger partial charge in [0, 0.05) is 30.6 Å². The van der Waals surface area contributed by atoms with Crippen molar-refractivity contribution in [1.82, 2.24) is 25.0 Å². The number of aromatic carboxylic acids is 1. The number of hydrogen-bond donors (Lipinski definition) is 3. The Labute approximate surface area is 307 Å². The Balaban J connectivity index is 0.920. The van der Waals surface area contributed by atoms with Crippen LogP contribution < -0.4 is 20.1 Å². The fourth-order valence-electron chi connectivity index (χ4n) is 8.24. The summed E-state index contributed by atoms with van der Waals surface area (Å²) in [6, 6.07) is 9.78. The molecule has 2 aromatic carbocycles. The van der Waals surface area contributed by atoms with Crippen LogP contribution in [0.15, 0.2) is 48.7 Å². The first-order chi connectivity index (χ1) is 25.7. The van der Waals surface area contributed by atoms with Gasteiger partial charge in [0.05, 0.1) is 43.1 Å². The van der Waals surface area contributed by atoms with E-state index < -0.39 is 29.3 Å². The molecule has 1 atom stereocenters. The van der Waals surface area contributed by atoms with E-state index in [0.29, 0.717) is 34.5 Å². The molecule has 1 aliphatic carbocycles. The fourth-order valence-corrected chi connectivity index (χ4v) is 8.24. The summed E-state index contributed by atoms with van der Waals surface area (Å²) in [7, 11) is 3.23. The van der Waals surface area contributed by atoms with Crippen LogP contribution in [-0.2, 0) is 27.6 Å². The second-order valence-corrected chi connectivity index (χ2v) is 14.4. The Bertz CT molecular complexity index is 2140. The monoisotopic (exact) mass is 748 g/mol. The quantitative estimate of drug-likeness (QED) is 0.179. The van der Waals surface area contributed by atoms with Gasteiger partial charge in [0.25, 0.3) is 0 Å². The van der Waals surface area contributed by atoms with Gasteiger partial charge in [0.15, 0.2) is 11.4 Å². The number of carboxylic acids is 1. The number of nitrogens with zero attached hydrogens (tertiary/aromatic N) is 4. The zero-order valence-electron chi connectivity index (χ0n) is 29.7. The number of imide groups is 1. The van der Waals surface area contributed by atoms with Crippen LogP contribution in [-0.4, -0.2) is 81.8 Å². The standard InChI is InChI=1S/C38H39F3N6O7/c1-46-33-25(31(45-46)26-8-10-29(48)44-35(26)50)7-9-28(34(33)53-2)43-30(49)19-47-14-11-37(12-15-47)17-21(18-37)20-54-22-5-6-23(27(16-22)38(39,40)41)24-4-3-13-42-32(24)36(51)52/h3-7,9,13,16,21,26H,8,10-12,14-15,17-20H2,1-2H3,(H,43,49)(H,51,52)(H,44,48,50). The molecule has 16 heteroatoms. The number of carboxylic acid groups (broad SMARTS) is 1. The molecule has 0 bridgehead atoms. The maximum Gasteiger partial charge on any atom is 0.417 e. The molecule has 3 N–H and O–H groups in total. The van der Waals surface area contributed by atoms with Crippen LogP contribution in [0, 0.1) is 11.3 Å². The van der Waals surface area contributed by atoms with Gasteiger partial charge in [-0.15, -0.1) is 0 Å². The Kier molecular flexibility index (Phi) is 9.81. The summed E-state index contributed by atoms with van der Waals surface area (Å²) >= 11 is 0. The van der Waals surface area contributed by atoms with Gasteiger partial charge in [-0.2, -0.15) is 18.3 Å². The molecule has 3 amide bonds. The van der Waals surface area contributed by atoms with E-state index in [4.69, 9.17) is 9.47 Å². The molecular weight excluding hydrogens is 709 g/mol. The number of methoxy groups -OCH3 is 1. The first kappa shape index (κ1) is 36.8. The highest BCUT2D eigenvalue weighted by molar-refractivity contribution is 6.04. The summed E-state index contributed by atoms with van der Waals surface area (Å²) in [5.74, 6) is -2.24. The number of carbonyl (C=O) groups is 4. The Morgan fingerprint density at radius 2 is 1.85 bits per heavy atom. The number of rotatable bonds is 10.